The molecule has 0 spiro atoms. The molecule has 2 heterocycles. The summed E-state index contributed by atoms with van der Waals surface area (Å²) in [5.74, 6) is -0.594. The normalized spacial score (nSPS) is 28.8. The number of carbonyl (C=O) groups is 2. The van der Waals surface area contributed by atoms with Crippen molar-refractivity contribution in [2.75, 3.05) is 32.4 Å². The van der Waals surface area contributed by atoms with Gasteiger partial charge in [0.25, 0.3) is 0 Å². The highest BCUT2D eigenvalue weighted by atomic mass is 32.2. The number of hydrogen-bond acceptors (Lipinski definition) is 4. The van der Waals surface area contributed by atoms with Gasteiger partial charge in [0.05, 0.1) is 19.3 Å². The topological polar surface area (TPSA) is 112 Å². The van der Waals surface area contributed by atoms with Crippen LogP contribution in [0.4, 0.5) is 0 Å². The third kappa shape index (κ3) is 3.47. The summed E-state index contributed by atoms with van der Waals surface area (Å²) in [5.41, 5.74) is 0. The number of piperazine rings is 1. The molecule has 4 N–H and O–H groups in total. The van der Waals surface area contributed by atoms with Crippen molar-refractivity contribution in [2.24, 2.45) is 0 Å². The van der Waals surface area contributed by atoms with Gasteiger partial charge in [-0.05, 0) is 12.8 Å². The van der Waals surface area contributed by atoms with Gasteiger partial charge in [-0.15, -0.1) is 0 Å². The first kappa shape index (κ1) is 15.2. The summed E-state index contributed by atoms with van der Waals surface area (Å²) in [6.07, 6.45) is 2.50. The maximum atomic E-state index is 12.3. The highest BCUT2D eigenvalue weighted by molar-refractivity contribution is 7.88. The summed E-state index contributed by atoms with van der Waals surface area (Å²) < 4.78 is 24.6. The van der Waals surface area contributed by atoms with Crippen LogP contribution in [0.3, 0.4) is 0 Å². The van der Waals surface area contributed by atoms with Crippen molar-refractivity contribution in [1.82, 2.24) is 14.9 Å². The largest absolute Gasteiger partial charge is 0.354 e. The number of nitrogens with two attached hydrogens (primary N) is 1. The van der Waals surface area contributed by atoms with E-state index in [0.29, 0.717) is 32.6 Å². The van der Waals surface area contributed by atoms with E-state index in [1.165, 1.54) is 4.31 Å². The van der Waals surface area contributed by atoms with Crippen molar-refractivity contribution in [3.8, 4) is 0 Å². The molecule has 0 aromatic rings. The van der Waals surface area contributed by atoms with E-state index in [-0.39, 0.29) is 5.91 Å². The van der Waals surface area contributed by atoms with Gasteiger partial charge in [0.2, 0.25) is 21.8 Å². The lowest BCUT2D eigenvalue weighted by Gasteiger charge is -2.32. The van der Waals surface area contributed by atoms with Crippen LogP contribution in [0.15, 0.2) is 0 Å². The van der Waals surface area contributed by atoms with Crippen molar-refractivity contribution in [3.05, 3.63) is 0 Å². The molecular formula is C11H21N4O4S+. The van der Waals surface area contributed by atoms with Crippen LogP contribution in [-0.2, 0) is 19.6 Å². The van der Waals surface area contributed by atoms with Gasteiger partial charge in [0, 0.05) is 6.54 Å². The molecule has 2 saturated heterocycles. The number of sulfonamides is 1. The minimum atomic E-state index is -3.42. The fraction of sp³-hybridized carbons (Fsp3) is 0.818. The monoisotopic (exact) mass is 305 g/mol. The minimum Gasteiger partial charge on any atom is -0.354 e. The van der Waals surface area contributed by atoms with Crippen molar-refractivity contribution >= 4 is 21.8 Å². The van der Waals surface area contributed by atoms with Gasteiger partial charge in [-0.1, -0.05) is 0 Å². The number of rotatable bonds is 3. The molecule has 2 aliphatic heterocycles. The molecule has 0 saturated carbocycles. The highest BCUT2D eigenvalue weighted by Crippen LogP contribution is 2.09. The van der Waals surface area contributed by atoms with Crippen molar-refractivity contribution in [1.29, 1.82) is 0 Å². The second-order valence-electron chi connectivity index (χ2n) is 5.20. The second-order valence-corrected chi connectivity index (χ2v) is 7.13. The van der Waals surface area contributed by atoms with Gasteiger partial charge in [0.1, 0.15) is 12.6 Å². The number of carbonyl (C=O) groups excluding carboxylic acids is 2. The summed E-state index contributed by atoms with van der Waals surface area (Å²) in [6, 6.07) is -1.30. The smallest absolute Gasteiger partial charge is 0.244 e. The Morgan fingerprint density at radius 2 is 2.25 bits per heavy atom. The molecule has 8 nitrogen and oxygen atoms in total. The molecule has 0 aromatic carbocycles. The first-order valence-electron chi connectivity index (χ1n) is 6.76. The Balaban J connectivity index is 2.04. The number of piperidine rings is 1. The maximum Gasteiger partial charge on any atom is 0.244 e. The van der Waals surface area contributed by atoms with Crippen LogP contribution in [0.25, 0.3) is 0 Å². The lowest BCUT2D eigenvalue weighted by Crippen LogP contribution is -2.92. The highest BCUT2D eigenvalue weighted by Gasteiger charge is 2.38. The zero-order valence-corrected chi connectivity index (χ0v) is 12.3. The Morgan fingerprint density at radius 3 is 2.90 bits per heavy atom. The summed E-state index contributed by atoms with van der Waals surface area (Å²) in [5, 5.41) is 7.26. The first-order chi connectivity index (χ1) is 9.39. The lowest BCUT2D eigenvalue weighted by molar-refractivity contribution is -0.664. The van der Waals surface area contributed by atoms with Crippen LogP contribution in [0, 0.1) is 0 Å². The average Bonchev–Trinajstić information content (AvgIpc) is 2.40. The predicted octanol–water partition coefficient (Wildman–Crippen LogP) is -3.41. The Bertz CT molecular complexity index is 493. The van der Waals surface area contributed by atoms with Gasteiger partial charge in [-0.25, -0.2) is 8.42 Å². The molecular weight excluding hydrogens is 284 g/mol. The number of amides is 2. The molecule has 0 aromatic heterocycles. The third-order valence-electron chi connectivity index (χ3n) is 3.62. The van der Waals surface area contributed by atoms with Crippen LogP contribution >= 0.6 is 0 Å². The van der Waals surface area contributed by atoms with Gasteiger partial charge in [-0.3, -0.25) is 9.59 Å². The minimum absolute atomic E-state index is 0.199. The molecule has 0 aliphatic carbocycles. The second kappa shape index (κ2) is 6.06. The van der Waals surface area contributed by atoms with E-state index in [2.05, 4.69) is 10.6 Å². The Morgan fingerprint density at radius 1 is 1.50 bits per heavy atom. The molecule has 20 heavy (non-hydrogen) atoms. The zero-order valence-electron chi connectivity index (χ0n) is 11.5. The van der Waals surface area contributed by atoms with Crippen LogP contribution < -0.4 is 16.0 Å². The molecule has 114 valence electrons. The van der Waals surface area contributed by atoms with E-state index in [4.69, 9.17) is 0 Å². The van der Waals surface area contributed by atoms with E-state index >= 15 is 0 Å². The molecule has 2 aliphatic rings. The Kier molecular flexibility index (Phi) is 4.61. The standard InChI is InChI=1S/C11H20N4O4S/c1-20(18,19)15-6-5-12-7-9(15)11(17)14-8-3-2-4-13-10(8)16/h8-9,12H,2-7H2,1H3,(H,13,16)(H,14,17)/p+1/t8-,9-/m0/s1. The van der Waals surface area contributed by atoms with Crippen LogP contribution in [0.1, 0.15) is 12.8 Å². The first-order valence-corrected chi connectivity index (χ1v) is 8.61. The van der Waals surface area contributed by atoms with Crippen molar-refractivity contribution < 1.29 is 23.3 Å². The average molecular weight is 305 g/mol. The van der Waals surface area contributed by atoms with Gasteiger partial charge >= 0.3 is 0 Å². The zero-order chi connectivity index (χ0) is 14.8. The summed E-state index contributed by atoms with van der Waals surface area (Å²) >= 11 is 0. The number of hydrogen-bond donors (Lipinski definition) is 3. The fourth-order valence-corrected chi connectivity index (χ4v) is 3.66. The van der Waals surface area contributed by atoms with E-state index < -0.39 is 28.0 Å². The SMILES string of the molecule is CS(=O)(=O)N1CC[NH2+]C[C@H]1C(=O)N[C@H]1CCCNC1=O. The molecule has 2 amide bonds. The molecule has 2 rings (SSSR count). The number of quaternary nitrogens is 1. The van der Waals surface area contributed by atoms with E-state index in [1.54, 1.807) is 0 Å². The van der Waals surface area contributed by atoms with Crippen LogP contribution in [-0.4, -0.2) is 69.1 Å². The van der Waals surface area contributed by atoms with Gasteiger partial charge in [0.15, 0.2) is 6.04 Å². The fourth-order valence-electron chi connectivity index (χ4n) is 2.58. The molecule has 0 unspecified atom stereocenters. The number of nitrogens with zero attached hydrogens (tertiary/aromatic N) is 1. The lowest BCUT2D eigenvalue weighted by atomic mass is 10.1. The van der Waals surface area contributed by atoms with E-state index in [1.807, 2.05) is 5.32 Å². The van der Waals surface area contributed by atoms with Crippen LogP contribution in [0.5, 0.6) is 0 Å². The third-order valence-corrected chi connectivity index (χ3v) is 4.91. The molecule has 0 bridgehead atoms. The Labute approximate surface area is 118 Å². The van der Waals surface area contributed by atoms with Gasteiger partial charge in [-0.2, -0.15) is 4.31 Å². The summed E-state index contributed by atoms with van der Waals surface area (Å²) in [6.45, 7) is 1.96. The molecule has 2 atom stereocenters. The van der Waals surface area contributed by atoms with E-state index in [0.717, 1.165) is 12.7 Å². The van der Waals surface area contributed by atoms with Crippen molar-refractivity contribution in [2.45, 2.75) is 24.9 Å². The summed E-state index contributed by atoms with van der Waals surface area (Å²) in [4.78, 5) is 23.9. The predicted molar refractivity (Wildman–Crippen MR) is 71.2 cm³/mol. The van der Waals surface area contributed by atoms with Gasteiger partial charge < -0.3 is 16.0 Å². The maximum absolute atomic E-state index is 12.3. The van der Waals surface area contributed by atoms with E-state index in [9.17, 15) is 18.0 Å². The van der Waals surface area contributed by atoms with Crippen LogP contribution in [0.2, 0.25) is 0 Å². The number of nitrogens with one attached hydrogen (secondary N) is 2. The summed E-state index contributed by atoms with van der Waals surface area (Å²) in [7, 11) is -3.42. The quantitative estimate of drug-likeness (QED) is 0.504. The molecule has 0 radical (unpaired) electrons. The van der Waals surface area contributed by atoms with Crippen molar-refractivity contribution in [3.63, 3.8) is 0 Å². The Hall–Kier alpha value is -1.19. The molecule has 9 heteroatoms. The molecule has 2 fully saturated rings.